The predicted molar refractivity (Wildman–Crippen MR) is 226 cm³/mol. The van der Waals surface area contributed by atoms with Crippen LogP contribution in [-0.4, -0.2) is 77.6 Å². The fourth-order valence-electron chi connectivity index (χ4n) is 7.09. The van der Waals surface area contributed by atoms with Crippen molar-refractivity contribution in [3.05, 3.63) is 89.0 Å². The third-order valence-electron chi connectivity index (χ3n) is 10.7. The van der Waals surface area contributed by atoms with Crippen LogP contribution < -0.4 is 4.74 Å². The predicted octanol–water partition coefficient (Wildman–Crippen LogP) is 9.61. The zero-order chi connectivity index (χ0) is 39.6. The molecule has 0 unspecified atom stereocenters. The second-order valence-electron chi connectivity index (χ2n) is 17.6. The number of fused-ring (bicyclic) bond motifs is 2. The van der Waals surface area contributed by atoms with Crippen molar-refractivity contribution < 1.29 is 23.4 Å². The smallest absolute Gasteiger partial charge is 0.320 e. The summed E-state index contributed by atoms with van der Waals surface area (Å²) in [6.07, 6.45) is 1.76. The number of aromatic nitrogens is 4. The van der Waals surface area contributed by atoms with Gasteiger partial charge in [-0.15, -0.1) is 0 Å². The van der Waals surface area contributed by atoms with E-state index in [1.165, 1.54) is 0 Å². The van der Waals surface area contributed by atoms with Gasteiger partial charge in [0.15, 0.2) is 17.4 Å². The molecule has 3 aromatic carbocycles. The van der Waals surface area contributed by atoms with Crippen molar-refractivity contribution in [3.63, 3.8) is 0 Å². The van der Waals surface area contributed by atoms with E-state index in [-0.39, 0.29) is 18.5 Å². The molecule has 56 heavy (non-hydrogen) atoms. The molecule has 4 heterocycles. The highest BCUT2D eigenvalue weighted by Gasteiger charge is 2.35. The minimum Gasteiger partial charge on any atom is -0.486 e. The summed E-state index contributed by atoms with van der Waals surface area (Å²) in [5.74, 6) is 0.568. The number of imidazole rings is 1. The normalized spacial score (nSPS) is 14.4. The van der Waals surface area contributed by atoms with Gasteiger partial charge in [-0.2, -0.15) is 5.10 Å². The maximum absolute atomic E-state index is 15.7. The highest BCUT2D eigenvalue weighted by atomic mass is 28.3. The Morgan fingerprint density at radius 2 is 1.57 bits per heavy atom. The van der Waals surface area contributed by atoms with Gasteiger partial charge in [0.25, 0.3) is 0 Å². The van der Waals surface area contributed by atoms with Crippen LogP contribution in [0, 0.1) is 5.82 Å². The van der Waals surface area contributed by atoms with Gasteiger partial charge in [0.2, 0.25) is 0 Å². The van der Waals surface area contributed by atoms with Gasteiger partial charge in [-0.1, -0.05) is 82.6 Å². The van der Waals surface area contributed by atoms with E-state index in [9.17, 15) is 4.79 Å². The van der Waals surface area contributed by atoms with Crippen LogP contribution in [0.2, 0.25) is 51.4 Å². The minimum atomic E-state index is -1.31. The van der Waals surface area contributed by atoms with Gasteiger partial charge in [-0.3, -0.25) is 0 Å². The molecule has 0 bridgehead atoms. The van der Waals surface area contributed by atoms with E-state index in [1.807, 2.05) is 56.9 Å². The average molecular weight is 797 g/mol. The summed E-state index contributed by atoms with van der Waals surface area (Å²) in [5, 5.41) is 6.11. The number of carbonyl (C=O) groups excluding carboxylic acids is 1. The summed E-state index contributed by atoms with van der Waals surface area (Å²) < 4.78 is 38.4. The van der Waals surface area contributed by atoms with Gasteiger partial charge in [0.05, 0.1) is 30.0 Å². The Morgan fingerprint density at radius 1 is 0.857 bits per heavy atom. The lowest BCUT2D eigenvalue weighted by Crippen LogP contribution is -2.48. The van der Waals surface area contributed by atoms with Crippen LogP contribution in [0.4, 0.5) is 9.18 Å². The molecule has 2 aliphatic heterocycles. The molecule has 0 N–H and O–H groups in total. The lowest BCUT2D eigenvalue weighted by Gasteiger charge is -2.34. The minimum absolute atomic E-state index is 0.0680. The summed E-state index contributed by atoms with van der Waals surface area (Å²) in [4.78, 5) is 22.2. The molecule has 298 valence electrons. The van der Waals surface area contributed by atoms with Crippen LogP contribution in [0.3, 0.4) is 0 Å². The molecule has 1 saturated heterocycles. The van der Waals surface area contributed by atoms with Gasteiger partial charge in [0, 0.05) is 47.8 Å². The first-order valence-electron chi connectivity index (χ1n) is 20.1. The van der Waals surface area contributed by atoms with Crippen LogP contribution in [-0.2, 0) is 49.1 Å². The lowest BCUT2D eigenvalue weighted by molar-refractivity contribution is 0.0813. The van der Waals surface area contributed by atoms with E-state index in [1.54, 1.807) is 6.07 Å². The summed E-state index contributed by atoms with van der Waals surface area (Å²) in [5.41, 5.74) is 7.16. The SMILES string of the molecule is CCc1cc(OCc2ccccc2)c(F)cc1-c1ccc2c(-c3nc4c(n3COCC[Si](C)(C)C)CN(C(=O)N3CCC3)C4)nn(COCC[Si](C)(C)C)c2c1. The molecule has 0 aliphatic carbocycles. The third kappa shape index (κ3) is 9.12. The second-order valence-corrected chi connectivity index (χ2v) is 28.8. The molecule has 13 heteroatoms. The number of nitrogens with zero attached hydrogens (tertiary/aromatic N) is 6. The van der Waals surface area contributed by atoms with E-state index in [0.29, 0.717) is 46.1 Å². The van der Waals surface area contributed by atoms with E-state index in [0.717, 1.165) is 87.7 Å². The number of amides is 2. The van der Waals surface area contributed by atoms with E-state index in [4.69, 9.17) is 24.3 Å². The Balaban J connectivity index is 1.25. The Bertz CT molecular complexity index is 2170. The van der Waals surface area contributed by atoms with E-state index < -0.39 is 22.0 Å². The van der Waals surface area contributed by atoms with Gasteiger partial charge < -0.3 is 28.6 Å². The topological polar surface area (TPSA) is 86.9 Å². The van der Waals surface area contributed by atoms with Crippen LogP contribution >= 0.6 is 0 Å². The largest absolute Gasteiger partial charge is 0.486 e. The average Bonchev–Trinajstić information content (AvgIpc) is 3.81. The summed E-state index contributed by atoms with van der Waals surface area (Å²) in [6.45, 7) is 20.9. The molecule has 7 rings (SSSR count). The van der Waals surface area contributed by atoms with Crippen molar-refractivity contribution in [2.75, 3.05) is 26.3 Å². The van der Waals surface area contributed by atoms with Crippen molar-refractivity contribution in [1.29, 1.82) is 0 Å². The number of aryl methyl sites for hydroxylation is 1. The highest BCUT2D eigenvalue weighted by molar-refractivity contribution is 6.76. The Labute approximate surface area is 332 Å². The number of halogens is 1. The number of ether oxygens (including phenoxy) is 3. The number of urea groups is 1. The number of hydrogen-bond donors (Lipinski definition) is 0. The zero-order valence-corrected chi connectivity index (χ0v) is 36.2. The summed E-state index contributed by atoms with van der Waals surface area (Å²) in [6, 6.07) is 21.6. The molecule has 5 aromatic rings. The molecular formula is C43H57FN6O4Si2. The third-order valence-corrected chi connectivity index (χ3v) is 14.1. The quantitative estimate of drug-likeness (QED) is 0.0731. The standard InChI is InChI=1S/C43H57FN6O4Si2/c1-8-32-24-40(54-28-31-13-10-9-11-14-31)36(44)25-35(32)33-15-16-34-38(23-33)50(30-53-20-22-56(5,6)7)46-41(34)42-45-37-26-48(43(51)47-17-12-18-47)27-39(37)49(42)29-52-19-21-55(2,3)4/h9-11,13-16,23-25H,8,12,17-22,26-30H2,1-7H3. The first kappa shape index (κ1) is 39.9. The van der Waals surface area contributed by atoms with Crippen molar-refractivity contribution in [2.45, 2.75) is 104 Å². The van der Waals surface area contributed by atoms with Gasteiger partial charge in [0.1, 0.15) is 25.8 Å². The Kier molecular flexibility index (Phi) is 11.9. The van der Waals surface area contributed by atoms with Crippen molar-refractivity contribution in [1.82, 2.24) is 29.1 Å². The van der Waals surface area contributed by atoms with Crippen LogP contribution in [0.25, 0.3) is 33.5 Å². The van der Waals surface area contributed by atoms with Crippen molar-refractivity contribution in [2.24, 2.45) is 0 Å². The molecule has 0 spiro atoms. The monoisotopic (exact) mass is 796 g/mol. The molecule has 2 aromatic heterocycles. The number of hydrogen-bond acceptors (Lipinski definition) is 6. The fraction of sp³-hybridized carbons (Fsp3) is 0.465. The molecule has 2 aliphatic rings. The molecule has 1 fully saturated rings. The van der Waals surface area contributed by atoms with Gasteiger partial charge >= 0.3 is 6.03 Å². The fourth-order valence-corrected chi connectivity index (χ4v) is 8.60. The number of likely N-dealkylation sites (tertiary alicyclic amines) is 1. The number of carbonyl (C=O) groups is 1. The first-order chi connectivity index (χ1) is 26.8. The molecule has 2 amide bonds. The molecule has 0 saturated carbocycles. The van der Waals surface area contributed by atoms with E-state index in [2.05, 4.69) is 62.9 Å². The van der Waals surface area contributed by atoms with Crippen LogP contribution in [0.15, 0.2) is 60.7 Å². The molecule has 10 nitrogen and oxygen atoms in total. The van der Waals surface area contributed by atoms with Crippen LogP contribution in [0.5, 0.6) is 5.75 Å². The van der Waals surface area contributed by atoms with Gasteiger partial charge in [-0.25, -0.2) is 18.9 Å². The first-order valence-corrected chi connectivity index (χ1v) is 27.5. The summed E-state index contributed by atoms with van der Waals surface area (Å²) >= 11 is 0. The Hall–Kier alpha value is -4.31. The highest BCUT2D eigenvalue weighted by Crippen LogP contribution is 2.37. The zero-order valence-electron chi connectivity index (χ0n) is 34.2. The van der Waals surface area contributed by atoms with Crippen LogP contribution in [0.1, 0.15) is 35.9 Å². The maximum Gasteiger partial charge on any atom is 0.320 e. The molecule has 0 radical (unpaired) electrons. The van der Waals surface area contributed by atoms with Crippen molar-refractivity contribution >= 4 is 33.1 Å². The maximum atomic E-state index is 15.7. The molecular weight excluding hydrogens is 740 g/mol. The second kappa shape index (κ2) is 16.7. The number of benzene rings is 3. The molecule has 0 atom stereocenters. The van der Waals surface area contributed by atoms with Gasteiger partial charge in [-0.05, 0) is 71.4 Å². The lowest BCUT2D eigenvalue weighted by atomic mass is 9.96. The summed E-state index contributed by atoms with van der Waals surface area (Å²) in [7, 11) is -2.61. The number of rotatable bonds is 16. The van der Waals surface area contributed by atoms with E-state index >= 15 is 4.39 Å². The Morgan fingerprint density at radius 3 is 2.23 bits per heavy atom. The van der Waals surface area contributed by atoms with Crippen molar-refractivity contribution in [3.8, 4) is 28.4 Å².